The number of aliphatic hydroxyl groups excluding tert-OH is 1. The van der Waals surface area contributed by atoms with Crippen LogP contribution in [0.2, 0.25) is 0 Å². The highest BCUT2D eigenvalue weighted by molar-refractivity contribution is 5.96. The first kappa shape index (κ1) is 28.3. The van der Waals surface area contributed by atoms with E-state index in [1.165, 1.54) is 14.0 Å². The molecule has 0 amide bonds. The van der Waals surface area contributed by atoms with Gasteiger partial charge in [0, 0.05) is 5.92 Å². The van der Waals surface area contributed by atoms with Crippen molar-refractivity contribution in [3.63, 3.8) is 0 Å². The van der Waals surface area contributed by atoms with Crippen LogP contribution in [-0.2, 0) is 14.3 Å². The fourth-order valence-electron chi connectivity index (χ4n) is 10.4. The first-order valence-corrected chi connectivity index (χ1v) is 14.4. The Morgan fingerprint density at radius 1 is 1.10 bits per heavy atom. The third kappa shape index (κ3) is 3.32. The van der Waals surface area contributed by atoms with Gasteiger partial charge in [-0.3, -0.25) is 9.59 Å². The molecule has 3 fully saturated rings. The number of esters is 1. The van der Waals surface area contributed by atoms with Crippen molar-refractivity contribution in [1.29, 1.82) is 0 Å². The lowest BCUT2D eigenvalue weighted by Gasteiger charge is -2.69. The second kappa shape index (κ2) is 8.40. The highest BCUT2D eigenvalue weighted by Crippen LogP contribution is 2.75. The van der Waals surface area contributed by atoms with E-state index >= 15 is 0 Å². The summed E-state index contributed by atoms with van der Waals surface area (Å²) in [5, 5.41) is 10.9. The molecule has 3 saturated carbocycles. The molecule has 39 heavy (non-hydrogen) atoms. The Morgan fingerprint density at radius 3 is 2.33 bits per heavy atom. The highest BCUT2D eigenvalue weighted by Gasteiger charge is 2.72. The van der Waals surface area contributed by atoms with Crippen molar-refractivity contribution in [2.24, 2.45) is 50.2 Å². The monoisotopic (exact) mass is 543 g/mol. The van der Waals surface area contributed by atoms with E-state index in [1.807, 2.05) is 6.92 Å². The van der Waals surface area contributed by atoms with Crippen molar-refractivity contribution >= 4 is 11.8 Å². The minimum atomic E-state index is -2.84. The minimum Gasteiger partial charge on any atom is -0.523 e. The second-order valence-corrected chi connectivity index (χ2v) is 15.0. The Kier molecular flexibility index (Phi) is 6.09. The third-order valence-electron chi connectivity index (χ3n) is 12.9. The van der Waals surface area contributed by atoms with Gasteiger partial charge in [0.1, 0.15) is 5.76 Å². The molecule has 0 unspecified atom stereocenters. The van der Waals surface area contributed by atoms with Crippen molar-refractivity contribution in [1.82, 2.24) is 0 Å². The number of fused-ring (bicyclic) bond motifs is 7. The molecule has 1 N–H and O–H groups in total. The molecule has 8 atom stereocenters. The van der Waals surface area contributed by atoms with E-state index in [4.69, 9.17) is 11.3 Å². The topological polar surface area (TPSA) is 68.0 Å². The van der Waals surface area contributed by atoms with Gasteiger partial charge in [-0.25, -0.2) is 13.6 Å². The van der Waals surface area contributed by atoms with E-state index in [-0.39, 0.29) is 41.1 Å². The van der Waals surface area contributed by atoms with E-state index in [0.717, 1.165) is 18.4 Å². The number of alkyl halides is 2. The summed E-state index contributed by atoms with van der Waals surface area (Å²) in [6.45, 7) is 19.8. The number of halogens is 2. The normalized spacial score (nSPS) is 46.7. The largest absolute Gasteiger partial charge is 0.523 e. The van der Waals surface area contributed by atoms with Crippen LogP contribution in [-0.4, -0.2) is 30.4 Å². The van der Waals surface area contributed by atoms with Gasteiger partial charge in [0.25, 0.3) is 0 Å². The van der Waals surface area contributed by atoms with Crippen LogP contribution >= 0.6 is 0 Å². The highest BCUT2D eigenvalue weighted by atomic mass is 19.3. The Labute approximate surface area is 231 Å². The Balaban J connectivity index is 1.69. The molecule has 0 radical (unpaired) electrons. The maximum atomic E-state index is 14.7. The van der Waals surface area contributed by atoms with Gasteiger partial charge >= 0.3 is 5.97 Å². The molecule has 0 aliphatic heterocycles. The summed E-state index contributed by atoms with van der Waals surface area (Å²) in [5.74, 6) is -1.85. The molecule has 5 aliphatic rings. The Bertz CT molecular complexity index is 1230. The number of nitrogens with zero attached hydrogens (tertiary/aromatic N) is 1. The first-order chi connectivity index (χ1) is 18.0. The number of methoxy groups -OCH3 is 1. The lowest BCUT2D eigenvalue weighted by atomic mass is 9.34. The number of ketones is 1. The fraction of sp³-hybridized carbons (Fsp3) is 0.781. The summed E-state index contributed by atoms with van der Waals surface area (Å²) in [5.41, 5.74) is -3.51. The third-order valence-corrected chi connectivity index (χ3v) is 12.9. The Morgan fingerprint density at radius 2 is 1.74 bits per heavy atom. The quantitative estimate of drug-likeness (QED) is 0.286. The lowest BCUT2D eigenvalue weighted by molar-refractivity contribution is -0.193. The molecule has 0 spiro atoms. The van der Waals surface area contributed by atoms with Gasteiger partial charge in [-0.05, 0) is 97.9 Å². The summed E-state index contributed by atoms with van der Waals surface area (Å²) in [4.78, 5) is 31.3. The SMILES string of the molecule is [C-]#[N+]C1=C(O)[C@@](C)(C(F)F)[C@@H]2CC[C@]3(C)C(=CC(=O)[C@@H]4[C@@H]5CC(C)(C)CC[C@]5(C(=O)OC)CC[C@]43C)[C@@]2(C)C1. The molecular weight excluding hydrogens is 500 g/mol. The average Bonchev–Trinajstić information content (AvgIpc) is 2.86. The molecule has 5 nitrogen and oxygen atoms in total. The van der Waals surface area contributed by atoms with E-state index in [1.54, 1.807) is 6.08 Å². The number of ether oxygens (including phenoxy) is 1. The fourth-order valence-corrected chi connectivity index (χ4v) is 10.4. The standard InChI is InChI=1S/C32H43F2NO4/c1-27(2)11-13-32(26(38)39-8)14-12-30(5)23(18(32)16-27)20(36)15-22-28(3)17-19(35-7)24(37)31(6,25(33)34)21(28)9-10-29(22,30)4/h15,18,21,23,25,37H,9-14,16-17H2,1-6,8H3/t18-,21+,23-,28-,29+,30+,31-,32-/m0/s1. The van der Waals surface area contributed by atoms with Crippen LogP contribution in [0, 0.1) is 56.8 Å². The number of aliphatic hydroxyl groups is 1. The van der Waals surface area contributed by atoms with Crippen molar-refractivity contribution < 1.29 is 28.2 Å². The van der Waals surface area contributed by atoms with E-state index in [0.29, 0.717) is 32.1 Å². The van der Waals surface area contributed by atoms with Crippen LogP contribution < -0.4 is 0 Å². The molecule has 0 aromatic rings. The van der Waals surface area contributed by atoms with E-state index in [2.05, 4.69) is 32.5 Å². The van der Waals surface area contributed by atoms with E-state index < -0.39 is 45.2 Å². The molecule has 0 heterocycles. The van der Waals surface area contributed by atoms with Crippen LogP contribution in [0.5, 0.6) is 0 Å². The van der Waals surface area contributed by atoms with Crippen LogP contribution in [0.4, 0.5) is 8.78 Å². The molecule has 0 bridgehead atoms. The Hall–Kier alpha value is -2.23. The second-order valence-electron chi connectivity index (χ2n) is 15.0. The predicted molar refractivity (Wildman–Crippen MR) is 143 cm³/mol. The van der Waals surface area contributed by atoms with Crippen LogP contribution in [0.15, 0.2) is 23.1 Å². The van der Waals surface area contributed by atoms with Crippen molar-refractivity contribution in [2.75, 3.05) is 7.11 Å². The van der Waals surface area contributed by atoms with Crippen molar-refractivity contribution in [2.45, 2.75) is 99.3 Å². The summed E-state index contributed by atoms with van der Waals surface area (Å²) in [6, 6.07) is 0. The van der Waals surface area contributed by atoms with Gasteiger partial charge in [-0.2, -0.15) is 0 Å². The number of carbonyl (C=O) groups excluding carboxylic acids is 2. The lowest BCUT2D eigenvalue weighted by Crippen LogP contribution is -2.66. The minimum absolute atomic E-state index is 0.00937. The number of allylic oxidation sites excluding steroid dienone is 4. The molecule has 0 aromatic heterocycles. The van der Waals surface area contributed by atoms with Crippen molar-refractivity contribution in [3.05, 3.63) is 34.5 Å². The molecule has 0 saturated heterocycles. The molecule has 214 valence electrons. The van der Waals surface area contributed by atoms with Gasteiger partial charge in [0.05, 0.1) is 24.5 Å². The number of hydrogen-bond donors (Lipinski definition) is 1. The smallest absolute Gasteiger partial charge is 0.312 e. The predicted octanol–water partition coefficient (Wildman–Crippen LogP) is 7.68. The zero-order valence-corrected chi connectivity index (χ0v) is 24.4. The zero-order chi connectivity index (χ0) is 29.0. The maximum absolute atomic E-state index is 14.7. The number of hydrogen-bond acceptors (Lipinski definition) is 4. The first-order valence-electron chi connectivity index (χ1n) is 14.4. The summed E-state index contributed by atoms with van der Waals surface area (Å²) >= 11 is 0. The molecular formula is C32H43F2NO4. The van der Waals surface area contributed by atoms with Gasteiger partial charge < -0.3 is 9.84 Å². The van der Waals surface area contributed by atoms with Crippen LogP contribution in [0.25, 0.3) is 4.85 Å². The van der Waals surface area contributed by atoms with E-state index in [9.17, 15) is 23.5 Å². The summed E-state index contributed by atoms with van der Waals surface area (Å²) in [6.07, 6.45) is 3.79. The number of carbonyl (C=O) groups is 2. The van der Waals surface area contributed by atoms with Gasteiger partial charge in [-0.1, -0.05) is 40.2 Å². The summed E-state index contributed by atoms with van der Waals surface area (Å²) in [7, 11) is 1.44. The van der Waals surface area contributed by atoms with Gasteiger partial charge in [-0.15, -0.1) is 0 Å². The molecule has 7 heteroatoms. The van der Waals surface area contributed by atoms with Gasteiger partial charge in [0.2, 0.25) is 12.1 Å². The van der Waals surface area contributed by atoms with Gasteiger partial charge in [0.15, 0.2) is 5.78 Å². The molecule has 5 aliphatic carbocycles. The van der Waals surface area contributed by atoms with Crippen LogP contribution in [0.1, 0.15) is 92.9 Å². The molecule has 0 aromatic carbocycles. The maximum Gasteiger partial charge on any atom is 0.312 e. The summed E-state index contributed by atoms with van der Waals surface area (Å²) < 4.78 is 34.8. The number of rotatable bonds is 2. The average molecular weight is 544 g/mol. The molecule has 5 rings (SSSR count). The zero-order valence-electron chi connectivity index (χ0n) is 24.4. The van der Waals surface area contributed by atoms with Crippen molar-refractivity contribution in [3.8, 4) is 0 Å². The van der Waals surface area contributed by atoms with Crippen LogP contribution in [0.3, 0.4) is 0 Å².